The van der Waals surface area contributed by atoms with Crippen LogP contribution in [0.15, 0.2) is 35.3 Å². The molecule has 0 saturated carbocycles. The van der Waals surface area contributed by atoms with Crippen LogP contribution in [0.25, 0.3) is 0 Å². The maximum atomic E-state index is 5.79. The molecule has 1 heterocycles. The van der Waals surface area contributed by atoms with Crippen molar-refractivity contribution in [2.75, 3.05) is 25.1 Å². The van der Waals surface area contributed by atoms with Crippen LogP contribution in [0.1, 0.15) is 13.3 Å². The molecule has 98 valence electrons. The number of hydrogen-bond donors (Lipinski definition) is 2. The molecular formula is C13H19N3O2. The summed E-state index contributed by atoms with van der Waals surface area (Å²) >= 11 is 0. The Morgan fingerprint density at radius 3 is 2.67 bits per heavy atom. The lowest BCUT2D eigenvalue weighted by atomic mass is 10.2. The number of hydrogen-bond acceptors (Lipinski definition) is 3. The predicted octanol–water partition coefficient (Wildman–Crippen LogP) is 1.57. The zero-order chi connectivity index (χ0) is 12.8. The van der Waals surface area contributed by atoms with Crippen LogP contribution in [-0.2, 0) is 9.47 Å². The molecule has 5 heteroatoms. The number of para-hydroxylation sites is 1. The van der Waals surface area contributed by atoms with E-state index in [4.69, 9.17) is 15.2 Å². The summed E-state index contributed by atoms with van der Waals surface area (Å²) in [5, 5.41) is 3.03. The van der Waals surface area contributed by atoms with Gasteiger partial charge in [0.25, 0.3) is 0 Å². The summed E-state index contributed by atoms with van der Waals surface area (Å²) in [6.45, 7) is 3.80. The Morgan fingerprint density at radius 1 is 1.33 bits per heavy atom. The normalized spacial score (nSPS) is 18.8. The minimum absolute atomic E-state index is 0.405. The fourth-order valence-electron chi connectivity index (χ4n) is 1.79. The molecule has 3 N–H and O–H groups in total. The quantitative estimate of drug-likeness (QED) is 0.627. The molecule has 1 aliphatic rings. The van der Waals surface area contributed by atoms with Gasteiger partial charge in [-0.25, -0.2) is 0 Å². The molecule has 1 aromatic rings. The number of benzene rings is 1. The van der Waals surface area contributed by atoms with Crippen LogP contribution in [0, 0.1) is 0 Å². The summed E-state index contributed by atoms with van der Waals surface area (Å²) in [5.74, 6) is -0.0981. The van der Waals surface area contributed by atoms with Crippen molar-refractivity contribution in [3.63, 3.8) is 0 Å². The van der Waals surface area contributed by atoms with Gasteiger partial charge in [0.05, 0.1) is 13.2 Å². The first-order valence-electron chi connectivity index (χ1n) is 6.08. The van der Waals surface area contributed by atoms with Gasteiger partial charge >= 0.3 is 0 Å². The number of nitrogens with one attached hydrogen (secondary N) is 1. The van der Waals surface area contributed by atoms with Gasteiger partial charge in [-0.2, -0.15) is 0 Å². The van der Waals surface area contributed by atoms with E-state index >= 15 is 0 Å². The largest absolute Gasteiger partial charge is 0.370 e. The van der Waals surface area contributed by atoms with Crippen molar-refractivity contribution in [3.8, 4) is 0 Å². The van der Waals surface area contributed by atoms with Crippen molar-refractivity contribution >= 4 is 11.6 Å². The molecule has 1 fully saturated rings. The van der Waals surface area contributed by atoms with Gasteiger partial charge in [0.15, 0.2) is 11.7 Å². The number of nitrogens with two attached hydrogens (primary N) is 1. The minimum Gasteiger partial charge on any atom is -0.370 e. The molecule has 0 spiro atoms. The zero-order valence-corrected chi connectivity index (χ0v) is 10.6. The maximum Gasteiger partial charge on any atom is 0.193 e. The highest BCUT2D eigenvalue weighted by atomic mass is 16.7. The lowest BCUT2D eigenvalue weighted by Gasteiger charge is -2.20. The first-order chi connectivity index (χ1) is 8.68. The third kappa shape index (κ3) is 3.72. The number of nitrogens with zero attached hydrogens (tertiary/aromatic N) is 1. The van der Waals surface area contributed by atoms with E-state index in [2.05, 4.69) is 10.3 Å². The molecule has 0 aromatic heterocycles. The third-order valence-corrected chi connectivity index (χ3v) is 2.79. The number of ether oxygens (including phenoxy) is 2. The van der Waals surface area contributed by atoms with Crippen LogP contribution in [-0.4, -0.2) is 31.5 Å². The molecule has 0 atom stereocenters. The van der Waals surface area contributed by atoms with E-state index in [9.17, 15) is 0 Å². The zero-order valence-electron chi connectivity index (χ0n) is 10.6. The number of rotatable bonds is 4. The van der Waals surface area contributed by atoms with E-state index in [0.717, 1.165) is 5.69 Å². The Morgan fingerprint density at radius 2 is 2.00 bits per heavy atom. The highest BCUT2D eigenvalue weighted by molar-refractivity contribution is 5.92. The summed E-state index contributed by atoms with van der Waals surface area (Å²) in [7, 11) is 0. The predicted molar refractivity (Wildman–Crippen MR) is 71.5 cm³/mol. The second kappa shape index (κ2) is 5.84. The second-order valence-electron chi connectivity index (χ2n) is 4.34. The third-order valence-electron chi connectivity index (χ3n) is 2.79. The molecular weight excluding hydrogens is 230 g/mol. The van der Waals surface area contributed by atoms with Crippen LogP contribution < -0.4 is 11.1 Å². The van der Waals surface area contributed by atoms with Crippen LogP contribution in [0.4, 0.5) is 5.69 Å². The standard InChI is InChI=1S/C13H19N3O2/c1-13(17-9-10-18-13)7-8-15-12(14)16-11-5-3-2-4-6-11/h2-6H,7-10H2,1H3,(H3,14,15,16). The Labute approximate surface area is 107 Å². The molecule has 0 unspecified atom stereocenters. The molecule has 0 aliphatic carbocycles. The molecule has 0 radical (unpaired) electrons. The summed E-state index contributed by atoms with van der Waals surface area (Å²) in [6.07, 6.45) is 0.699. The summed E-state index contributed by atoms with van der Waals surface area (Å²) in [5.41, 5.74) is 6.72. The number of guanidine groups is 1. The Balaban J connectivity index is 1.79. The minimum atomic E-state index is -0.503. The van der Waals surface area contributed by atoms with E-state index in [0.29, 0.717) is 32.1 Å². The fraction of sp³-hybridized carbons (Fsp3) is 0.462. The van der Waals surface area contributed by atoms with Gasteiger partial charge in [0.1, 0.15) is 0 Å². The van der Waals surface area contributed by atoms with E-state index < -0.39 is 5.79 Å². The van der Waals surface area contributed by atoms with Crippen LogP contribution in [0.3, 0.4) is 0 Å². The first kappa shape index (κ1) is 12.9. The van der Waals surface area contributed by atoms with E-state index in [1.165, 1.54) is 0 Å². The van der Waals surface area contributed by atoms with Gasteiger partial charge < -0.3 is 20.5 Å². The van der Waals surface area contributed by atoms with Crippen LogP contribution in [0.2, 0.25) is 0 Å². The molecule has 18 heavy (non-hydrogen) atoms. The second-order valence-corrected chi connectivity index (χ2v) is 4.34. The average molecular weight is 249 g/mol. The smallest absolute Gasteiger partial charge is 0.193 e. The van der Waals surface area contributed by atoms with Crippen molar-refractivity contribution in [1.29, 1.82) is 0 Å². The van der Waals surface area contributed by atoms with Gasteiger partial charge in [-0.05, 0) is 19.1 Å². The van der Waals surface area contributed by atoms with Gasteiger partial charge in [0.2, 0.25) is 0 Å². The Kier molecular flexibility index (Phi) is 4.17. The van der Waals surface area contributed by atoms with E-state index in [1.807, 2.05) is 37.3 Å². The van der Waals surface area contributed by atoms with Gasteiger partial charge in [-0.3, -0.25) is 4.99 Å². The molecule has 0 amide bonds. The highest BCUT2D eigenvalue weighted by Gasteiger charge is 2.30. The monoisotopic (exact) mass is 249 g/mol. The van der Waals surface area contributed by atoms with Crippen molar-refractivity contribution in [2.45, 2.75) is 19.1 Å². The molecule has 1 aliphatic heterocycles. The van der Waals surface area contributed by atoms with Gasteiger partial charge in [-0.1, -0.05) is 18.2 Å². The molecule has 2 rings (SSSR count). The molecule has 5 nitrogen and oxygen atoms in total. The van der Waals surface area contributed by atoms with Crippen molar-refractivity contribution < 1.29 is 9.47 Å². The molecule has 1 aromatic carbocycles. The van der Waals surface area contributed by atoms with E-state index in [-0.39, 0.29) is 0 Å². The Bertz CT molecular complexity index is 400. The van der Waals surface area contributed by atoms with Gasteiger partial charge in [-0.15, -0.1) is 0 Å². The average Bonchev–Trinajstić information content (AvgIpc) is 2.77. The van der Waals surface area contributed by atoms with Crippen molar-refractivity contribution in [3.05, 3.63) is 30.3 Å². The fourth-order valence-corrected chi connectivity index (χ4v) is 1.79. The number of anilines is 1. The lowest BCUT2D eigenvalue weighted by molar-refractivity contribution is -0.144. The summed E-state index contributed by atoms with van der Waals surface area (Å²) < 4.78 is 11.0. The van der Waals surface area contributed by atoms with Gasteiger partial charge in [0, 0.05) is 18.7 Å². The topological polar surface area (TPSA) is 68.9 Å². The lowest BCUT2D eigenvalue weighted by Crippen LogP contribution is -2.28. The Hall–Kier alpha value is -1.59. The number of aliphatic imine (C=N–C) groups is 1. The summed E-state index contributed by atoms with van der Waals surface area (Å²) in [4.78, 5) is 4.25. The molecule has 1 saturated heterocycles. The highest BCUT2D eigenvalue weighted by Crippen LogP contribution is 2.22. The van der Waals surface area contributed by atoms with Crippen LogP contribution >= 0.6 is 0 Å². The van der Waals surface area contributed by atoms with E-state index in [1.54, 1.807) is 0 Å². The van der Waals surface area contributed by atoms with Crippen molar-refractivity contribution in [1.82, 2.24) is 0 Å². The van der Waals surface area contributed by atoms with Crippen LogP contribution in [0.5, 0.6) is 0 Å². The first-order valence-corrected chi connectivity index (χ1v) is 6.08. The molecule has 0 bridgehead atoms. The summed E-state index contributed by atoms with van der Waals surface area (Å²) in [6, 6.07) is 9.71. The maximum absolute atomic E-state index is 5.79. The SMILES string of the molecule is CC1(CCN=C(N)Nc2ccccc2)OCCO1. The van der Waals surface area contributed by atoms with Crippen molar-refractivity contribution in [2.24, 2.45) is 10.7 Å².